The minimum Gasteiger partial charge on any atom is -0.361 e. The third-order valence-electron chi connectivity index (χ3n) is 5.46. The van der Waals surface area contributed by atoms with E-state index in [0.717, 1.165) is 19.3 Å². The van der Waals surface area contributed by atoms with Gasteiger partial charge < -0.3 is 20.7 Å². The molecule has 1 fully saturated rings. The fraction of sp³-hybridized carbons (Fsp3) is 0.826. The van der Waals surface area contributed by atoms with Gasteiger partial charge >= 0.3 is 0 Å². The van der Waals surface area contributed by atoms with Crippen LogP contribution < -0.4 is 16.0 Å². The monoisotopic (exact) mass is 439 g/mol. The lowest BCUT2D eigenvalue weighted by molar-refractivity contribution is -0.134. The van der Waals surface area contributed by atoms with Crippen LogP contribution in [0.1, 0.15) is 80.6 Å². The molecule has 1 aliphatic heterocycles. The highest BCUT2D eigenvalue weighted by molar-refractivity contribution is 5.98. The molecule has 0 aromatic rings. The van der Waals surface area contributed by atoms with Gasteiger partial charge in [-0.1, -0.05) is 47.5 Å². The number of carbonyl (C=O) groups is 4. The lowest BCUT2D eigenvalue weighted by Crippen LogP contribution is -2.56. The quantitative estimate of drug-likeness (QED) is 0.283. The van der Waals surface area contributed by atoms with Crippen molar-refractivity contribution in [2.45, 2.75) is 104 Å². The van der Waals surface area contributed by atoms with Gasteiger partial charge in [0.05, 0.1) is 12.6 Å². The van der Waals surface area contributed by atoms with E-state index in [0.29, 0.717) is 19.4 Å². The van der Waals surface area contributed by atoms with Gasteiger partial charge in [-0.25, -0.2) is 0 Å². The van der Waals surface area contributed by atoms with Crippen LogP contribution in [0.3, 0.4) is 0 Å². The largest absolute Gasteiger partial charge is 0.361 e. The van der Waals surface area contributed by atoms with E-state index in [4.69, 9.17) is 4.74 Å². The van der Waals surface area contributed by atoms with Crippen molar-refractivity contribution >= 4 is 23.5 Å². The van der Waals surface area contributed by atoms with E-state index in [9.17, 15) is 19.2 Å². The first-order valence-electron chi connectivity index (χ1n) is 11.5. The zero-order chi connectivity index (χ0) is 23.8. The summed E-state index contributed by atoms with van der Waals surface area (Å²) in [6.45, 7) is 13.3. The van der Waals surface area contributed by atoms with Crippen molar-refractivity contribution in [2.75, 3.05) is 6.61 Å². The standard InChI is InChI=1S/C23H41N3O5/c1-8-9-10-11-18(27)26-19(15(4)5)22(30)24-16(6)21(29)25-17(12-14(2)3)20(28)23(7)13-31-23/h14-17,19H,8-13H2,1-7H3,(H,24,30)(H,25,29)(H,26,27). The van der Waals surface area contributed by atoms with Crippen molar-refractivity contribution in [3.8, 4) is 0 Å². The number of epoxide rings is 1. The Morgan fingerprint density at radius 3 is 2.03 bits per heavy atom. The maximum Gasteiger partial charge on any atom is 0.243 e. The van der Waals surface area contributed by atoms with Gasteiger partial charge in [0.2, 0.25) is 17.7 Å². The van der Waals surface area contributed by atoms with Gasteiger partial charge in [0, 0.05) is 6.42 Å². The molecule has 1 rings (SSSR count). The Bertz CT molecular complexity index is 643. The van der Waals surface area contributed by atoms with Crippen LogP contribution in [0.2, 0.25) is 0 Å². The zero-order valence-corrected chi connectivity index (χ0v) is 20.2. The Balaban J connectivity index is 2.69. The number of ketones is 1. The summed E-state index contributed by atoms with van der Waals surface area (Å²) in [5.74, 6) is -1.09. The molecule has 0 saturated carbocycles. The topological polar surface area (TPSA) is 117 Å². The molecule has 4 atom stereocenters. The molecule has 0 bridgehead atoms. The average molecular weight is 440 g/mol. The number of amides is 3. The molecule has 178 valence electrons. The predicted octanol–water partition coefficient (Wildman–Crippen LogP) is 2.10. The summed E-state index contributed by atoms with van der Waals surface area (Å²) in [6, 6.07) is -2.24. The molecular weight excluding hydrogens is 398 g/mol. The van der Waals surface area contributed by atoms with E-state index in [1.807, 2.05) is 27.7 Å². The Hall–Kier alpha value is -1.96. The SMILES string of the molecule is CCCCCC(=O)NC(C(=O)NC(C)C(=O)NC(CC(C)C)C(=O)C1(C)CO1)C(C)C. The van der Waals surface area contributed by atoms with Crippen LogP contribution >= 0.6 is 0 Å². The first-order chi connectivity index (χ1) is 14.4. The molecule has 0 radical (unpaired) electrons. The fourth-order valence-electron chi connectivity index (χ4n) is 3.30. The molecule has 4 unspecified atom stereocenters. The number of Topliss-reactive ketones (excluding diaryl/α,β-unsaturated/α-hetero) is 1. The van der Waals surface area contributed by atoms with E-state index in [1.54, 1.807) is 13.8 Å². The number of hydrogen-bond donors (Lipinski definition) is 3. The van der Waals surface area contributed by atoms with E-state index in [-0.39, 0.29) is 23.5 Å². The molecule has 0 aliphatic carbocycles. The summed E-state index contributed by atoms with van der Waals surface area (Å²) < 4.78 is 5.25. The van der Waals surface area contributed by atoms with Crippen molar-refractivity contribution in [3.63, 3.8) is 0 Å². The van der Waals surface area contributed by atoms with Gasteiger partial charge in [-0.05, 0) is 38.5 Å². The minimum absolute atomic E-state index is 0.132. The maximum absolute atomic E-state index is 12.7. The molecular formula is C23H41N3O5. The van der Waals surface area contributed by atoms with E-state index in [2.05, 4.69) is 22.9 Å². The van der Waals surface area contributed by atoms with Crippen LogP contribution in [0.4, 0.5) is 0 Å². The lowest BCUT2D eigenvalue weighted by atomic mass is 9.93. The van der Waals surface area contributed by atoms with Crippen molar-refractivity contribution in [3.05, 3.63) is 0 Å². The van der Waals surface area contributed by atoms with Crippen LogP contribution in [-0.2, 0) is 23.9 Å². The molecule has 31 heavy (non-hydrogen) atoms. The molecule has 8 nitrogen and oxygen atoms in total. The molecule has 3 amide bonds. The Morgan fingerprint density at radius 2 is 1.55 bits per heavy atom. The smallest absolute Gasteiger partial charge is 0.243 e. The lowest BCUT2D eigenvalue weighted by Gasteiger charge is -2.26. The van der Waals surface area contributed by atoms with Crippen molar-refractivity contribution in [1.29, 1.82) is 0 Å². The van der Waals surface area contributed by atoms with Gasteiger partial charge in [0.25, 0.3) is 0 Å². The number of rotatable bonds is 14. The highest BCUT2D eigenvalue weighted by Gasteiger charge is 2.50. The highest BCUT2D eigenvalue weighted by atomic mass is 16.6. The zero-order valence-electron chi connectivity index (χ0n) is 20.2. The maximum atomic E-state index is 12.7. The average Bonchev–Trinajstić information content (AvgIpc) is 3.42. The second-order valence-electron chi connectivity index (χ2n) is 9.55. The van der Waals surface area contributed by atoms with E-state index < -0.39 is 35.5 Å². The second-order valence-corrected chi connectivity index (χ2v) is 9.55. The number of hydrogen-bond acceptors (Lipinski definition) is 5. The first-order valence-corrected chi connectivity index (χ1v) is 11.5. The second kappa shape index (κ2) is 12.2. The number of ether oxygens (including phenoxy) is 1. The van der Waals surface area contributed by atoms with Crippen LogP contribution in [0.5, 0.6) is 0 Å². The van der Waals surface area contributed by atoms with Crippen LogP contribution in [0.15, 0.2) is 0 Å². The van der Waals surface area contributed by atoms with Gasteiger partial charge in [-0.15, -0.1) is 0 Å². The van der Waals surface area contributed by atoms with Gasteiger partial charge in [-0.3, -0.25) is 19.2 Å². The van der Waals surface area contributed by atoms with Gasteiger partial charge in [0.1, 0.15) is 17.7 Å². The van der Waals surface area contributed by atoms with E-state index >= 15 is 0 Å². The van der Waals surface area contributed by atoms with Crippen LogP contribution in [-0.4, -0.2) is 53.8 Å². The fourth-order valence-corrected chi connectivity index (χ4v) is 3.30. The van der Waals surface area contributed by atoms with E-state index in [1.165, 1.54) is 0 Å². The first kappa shape index (κ1) is 27.1. The van der Waals surface area contributed by atoms with Crippen molar-refractivity contribution < 1.29 is 23.9 Å². The third kappa shape index (κ3) is 8.97. The molecule has 0 spiro atoms. The van der Waals surface area contributed by atoms with Crippen LogP contribution in [0, 0.1) is 11.8 Å². The summed E-state index contributed by atoms with van der Waals surface area (Å²) in [7, 11) is 0. The molecule has 1 saturated heterocycles. The summed E-state index contributed by atoms with van der Waals surface area (Å²) >= 11 is 0. The minimum atomic E-state index is -0.846. The summed E-state index contributed by atoms with van der Waals surface area (Å²) in [4.78, 5) is 50.3. The molecule has 1 heterocycles. The van der Waals surface area contributed by atoms with Crippen LogP contribution in [0.25, 0.3) is 0 Å². The summed E-state index contributed by atoms with van der Waals surface area (Å²) in [5.41, 5.74) is -0.829. The molecule has 0 aromatic heterocycles. The molecule has 0 aromatic carbocycles. The Morgan fingerprint density at radius 1 is 0.935 bits per heavy atom. The molecule has 8 heteroatoms. The number of carbonyl (C=O) groups excluding carboxylic acids is 4. The van der Waals surface area contributed by atoms with Crippen molar-refractivity contribution in [1.82, 2.24) is 16.0 Å². The number of unbranched alkanes of at least 4 members (excludes halogenated alkanes) is 2. The predicted molar refractivity (Wildman–Crippen MR) is 119 cm³/mol. The highest BCUT2D eigenvalue weighted by Crippen LogP contribution is 2.29. The number of nitrogens with one attached hydrogen (secondary N) is 3. The van der Waals surface area contributed by atoms with Gasteiger partial charge in [-0.2, -0.15) is 0 Å². The van der Waals surface area contributed by atoms with Gasteiger partial charge in [0.15, 0.2) is 5.78 Å². The molecule has 1 aliphatic rings. The normalized spacial score (nSPS) is 20.7. The third-order valence-corrected chi connectivity index (χ3v) is 5.46. The Kier molecular flexibility index (Phi) is 10.6. The van der Waals surface area contributed by atoms with Crippen molar-refractivity contribution in [2.24, 2.45) is 11.8 Å². The summed E-state index contributed by atoms with van der Waals surface area (Å²) in [6.07, 6.45) is 3.62. The molecule has 3 N–H and O–H groups in total. The Labute approximate surface area is 186 Å². The summed E-state index contributed by atoms with van der Waals surface area (Å²) in [5, 5.41) is 8.23.